The Balaban J connectivity index is 1.07. The minimum atomic E-state index is -0.627. The zero-order valence-electron chi connectivity index (χ0n) is 32.5. The van der Waals surface area contributed by atoms with E-state index in [1.54, 1.807) is 26.0 Å². The number of hydrogen-bond acceptors (Lipinski definition) is 12. The molecule has 56 heavy (non-hydrogen) atoms. The number of esters is 4. The van der Waals surface area contributed by atoms with E-state index in [0.29, 0.717) is 37.6 Å². The molecule has 2 saturated heterocycles. The summed E-state index contributed by atoms with van der Waals surface area (Å²) >= 11 is 0. The molecule has 0 aromatic heterocycles. The Morgan fingerprint density at radius 2 is 0.929 bits per heavy atom. The molecule has 2 aromatic rings. The van der Waals surface area contributed by atoms with Gasteiger partial charge in [-0.05, 0) is 113 Å². The highest BCUT2D eigenvalue weighted by Gasteiger charge is 2.51. The molecular weight excluding hydrogens is 720 g/mol. The summed E-state index contributed by atoms with van der Waals surface area (Å²) in [4.78, 5) is 48.0. The van der Waals surface area contributed by atoms with Gasteiger partial charge < -0.3 is 37.9 Å². The summed E-state index contributed by atoms with van der Waals surface area (Å²) in [5, 5.41) is 0. The molecule has 0 N–H and O–H groups in total. The van der Waals surface area contributed by atoms with E-state index in [9.17, 15) is 19.2 Å². The fourth-order valence-electron chi connectivity index (χ4n) is 5.76. The third-order valence-corrected chi connectivity index (χ3v) is 8.86. The van der Waals surface area contributed by atoms with Gasteiger partial charge in [-0.25, -0.2) is 19.2 Å². The first-order valence-electron chi connectivity index (χ1n) is 19.2. The van der Waals surface area contributed by atoms with Crippen molar-refractivity contribution in [2.45, 2.75) is 89.6 Å². The van der Waals surface area contributed by atoms with Gasteiger partial charge in [-0.15, -0.1) is 0 Å². The lowest BCUT2D eigenvalue weighted by Crippen LogP contribution is -2.35. The first kappa shape index (κ1) is 43.5. The van der Waals surface area contributed by atoms with Crippen LogP contribution in [-0.2, 0) is 47.6 Å². The maximum absolute atomic E-state index is 12.6. The molecule has 0 spiro atoms. The maximum atomic E-state index is 12.6. The van der Waals surface area contributed by atoms with Crippen LogP contribution in [0.5, 0.6) is 11.5 Å². The van der Waals surface area contributed by atoms with E-state index in [0.717, 1.165) is 74.0 Å². The SMILES string of the molecule is C=C(C)C(=O)OCCCCCCOc1ccc(C=CC(=O)OC2COC3C(OC(=O)C=Cc4ccc(OCCCCCCOC(=O)C(=C)C)cc4)COC23)cc1. The Labute approximate surface area is 329 Å². The van der Waals surface area contributed by atoms with E-state index in [1.807, 2.05) is 48.5 Å². The van der Waals surface area contributed by atoms with Crippen LogP contribution in [0.4, 0.5) is 0 Å². The molecule has 12 heteroatoms. The van der Waals surface area contributed by atoms with Gasteiger partial charge in [0.05, 0.1) is 39.6 Å². The number of carbonyl (C=O) groups is 4. The van der Waals surface area contributed by atoms with Crippen molar-refractivity contribution in [3.8, 4) is 11.5 Å². The second kappa shape index (κ2) is 23.7. The first-order chi connectivity index (χ1) is 27.1. The topological polar surface area (TPSA) is 142 Å². The summed E-state index contributed by atoms with van der Waals surface area (Å²) in [6.07, 6.45) is 10.9. The molecule has 4 atom stereocenters. The van der Waals surface area contributed by atoms with Crippen LogP contribution < -0.4 is 9.47 Å². The summed E-state index contributed by atoms with van der Waals surface area (Å²) in [5.41, 5.74) is 2.42. The average molecular weight is 775 g/mol. The summed E-state index contributed by atoms with van der Waals surface area (Å²) in [6, 6.07) is 14.8. The molecule has 2 aliphatic heterocycles. The molecule has 2 heterocycles. The number of carbonyl (C=O) groups excluding carboxylic acids is 4. The lowest BCUT2D eigenvalue weighted by molar-refractivity contribution is -0.149. The summed E-state index contributed by atoms with van der Waals surface area (Å²) in [7, 11) is 0. The standard InChI is InChI=1S/C44H54O12/c1-31(2)43(47)51-27-11-7-5-9-25-49-35-19-13-33(14-20-35)17-23-39(45)55-37-29-53-42-38(30-54-41(37)42)56-40(46)24-18-34-15-21-36(22-16-34)50-26-10-6-8-12-28-52-44(48)32(3)4/h13-24,37-38,41-42H,1,3,5-12,25-30H2,2,4H3. The van der Waals surface area contributed by atoms with Gasteiger partial charge in [-0.2, -0.15) is 0 Å². The van der Waals surface area contributed by atoms with Gasteiger partial charge in [-0.1, -0.05) is 37.4 Å². The molecule has 0 saturated carbocycles. The third kappa shape index (κ3) is 15.5. The van der Waals surface area contributed by atoms with Crippen LogP contribution in [0.25, 0.3) is 12.2 Å². The lowest BCUT2D eigenvalue weighted by atomic mass is 10.1. The number of hydrogen-bond donors (Lipinski definition) is 0. The monoisotopic (exact) mass is 774 g/mol. The van der Waals surface area contributed by atoms with E-state index in [1.165, 1.54) is 12.2 Å². The van der Waals surface area contributed by atoms with Crippen molar-refractivity contribution in [2.75, 3.05) is 39.6 Å². The highest BCUT2D eigenvalue weighted by atomic mass is 16.7. The quantitative estimate of drug-likeness (QED) is 0.0463. The third-order valence-electron chi connectivity index (χ3n) is 8.86. The summed E-state index contributed by atoms with van der Waals surface area (Å²) in [6.45, 7) is 12.6. The van der Waals surface area contributed by atoms with Crippen molar-refractivity contribution in [2.24, 2.45) is 0 Å². The molecule has 0 aliphatic carbocycles. The number of unbranched alkanes of at least 4 members (excludes halogenated alkanes) is 6. The number of rotatable bonds is 24. The zero-order valence-corrected chi connectivity index (χ0v) is 32.5. The van der Waals surface area contributed by atoms with Crippen LogP contribution in [0.1, 0.15) is 76.3 Å². The number of benzene rings is 2. The molecule has 12 nitrogen and oxygen atoms in total. The minimum Gasteiger partial charge on any atom is -0.494 e. The Kier molecular flexibility index (Phi) is 18.4. The Hall–Kier alpha value is -5.20. The molecule has 0 radical (unpaired) electrons. The van der Waals surface area contributed by atoms with Crippen LogP contribution in [-0.4, -0.2) is 87.9 Å². The molecule has 0 bridgehead atoms. The van der Waals surface area contributed by atoms with Gasteiger partial charge in [0.25, 0.3) is 0 Å². The van der Waals surface area contributed by atoms with Crippen molar-refractivity contribution >= 4 is 36.0 Å². The maximum Gasteiger partial charge on any atom is 0.333 e. The zero-order chi connectivity index (χ0) is 40.1. The molecule has 2 aromatic carbocycles. The fourth-order valence-corrected chi connectivity index (χ4v) is 5.76. The highest BCUT2D eigenvalue weighted by molar-refractivity contribution is 5.88. The van der Waals surface area contributed by atoms with Gasteiger partial charge in [0, 0.05) is 23.3 Å². The Morgan fingerprint density at radius 1 is 0.571 bits per heavy atom. The Morgan fingerprint density at radius 3 is 1.29 bits per heavy atom. The van der Waals surface area contributed by atoms with Gasteiger partial charge in [0.1, 0.15) is 23.7 Å². The van der Waals surface area contributed by atoms with Crippen LogP contribution in [0.15, 0.2) is 85.0 Å². The molecule has 0 amide bonds. The van der Waals surface area contributed by atoms with Crippen LogP contribution in [0.2, 0.25) is 0 Å². The van der Waals surface area contributed by atoms with Crippen molar-refractivity contribution in [3.05, 3.63) is 96.1 Å². The Bertz CT molecular complexity index is 1540. The van der Waals surface area contributed by atoms with E-state index in [-0.39, 0.29) is 25.2 Å². The second-order valence-corrected chi connectivity index (χ2v) is 13.7. The predicted octanol–water partition coefficient (Wildman–Crippen LogP) is 7.15. The van der Waals surface area contributed by atoms with E-state index in [4.69, 9.17) is 37.9 Å². The van der Waals surface area contributed by atoms with Gasteiger partial charge in [0.2, 0.25) is 0 Å². The van der Waals surface area contributed by atoms with Crippen LogP contribution >= 0.6 is 0 Å². The van der Waals surface area contributed by atoms with Crippen LogP contribution in [0.3, 0.4) is 0 Å². The average Bonchev–Trinajstić information content (AvgIpc) is 3.78. The second-order valence-electron chi connectivity index (χ2n) is 13.7. The highest BCUT2D eigenvalue weighted by Crippen LogP contribution is 2.31. The molecule has 4 unspecified atom stereocenters. The smallest absolute Gasteiger partial charge is 0.333 e. The molecule has 2 fully saturated rings. The lowest BCUT2D eigenvalue weighted by Gasteiger charge is -2.16. The predicted molar refractivity (Wildman–Crippen MR) is 210 cm³/mol. The fraction of sp³-hybridized carbons (Fsp3) is 0.455. The van der Waals surface area contributed by atoms with Crippen LogP contribution in [0, 0.1) is 0 Å². The largest absolute Gasteiger partial charge is 0.494 e. The van der Waals surface area contributed by atoms with Crippen molar-refractivity contribution < 1.29 is 57.1 Å². The molecular formula is C44H54O12. The van der Waals surface area contributed by atoms with Gasteiger partial charge >= 0.3 is 23.9 Å². The summed E-state index contributed by atoms with van der Waals surface area (Å²) in [5.74, 6) is -0.309. The minimum absolute atomic E-state index is 0.134. The van der Waals surface area contributed by atoms with E-state index in [2.05, 4.69) is 13.2 Å². The molecule has 2 aliphatic rings. The molecule has 4 rings (SSSR count). The number of ether oxygens (including phenoxy) is 8. The van der Waals surface area contributed by atoms with Gasteiger partial charge in [0.15, 0.2) is 12.2 Å². The molecule has 302 valence electrons. The van der Waals surface area contributed by atoms with Crippen molar-refractivity contribution in [1.29, 1.82) is 0 Å². The van der Waals surface area contributed by atoms with E-state index >= 15 is 0 Å². The van der Waals surface area contributed by atoms with E-state index < -0.39 is 36.4 Å². The van der Waals surface area contributed by atoms with Gasteiger partial charge in [-0.3, -0.25) is 0 Å². The van der Waals surface area contributed by atoms with Crippen molar-refractivity contribution in [1.82, 2.24) is 0 Å². The van der Waals surface area contributed by atoms with Crippen molar-refractivity contribution in [3.63, 3.8) is 0 Å². The number of fused-ring (bicyclic) bond motifs is 1. The summed E-state index contributed by atoms with van der Waals surface area (Å²) < 4.78 is 44.7. The normalized spacial score (nSPS) is 18.7. The first-order valence-corrected chi connectivity index (χ1v) is 19.2.